The molecule has 0 unspecified atom stereocenters. The fourth-order valence-electron chi connectivity index (χ4n) is 2.84. The zero-order chi connectivity index (χ0) is 15.6. The predicted octanol–water partition coefficient (Wildman–Crippen LogP) is 0.0476. The maximum atomic E-state index is 5.90. The van der Waals surface area contributed by atoms with Crippen molar-refractivity contribution >= 4 is 0 Å². The molecule has 1 aromatic rings. The highest BCUT2D eigenvalue weighted by Gasteiger charge is 2.18. The minimum absolute atomic E-state index is 0.745. The molecule has 0 radical (unpaired) electrons. The molecule has 0 atom stereocenters. The van der Waals surface area contributed by atoms with E-state index in [0.717, 1.165) is 37.6 Å². The molecule has 0 aliphatic carbocycles. The summed E-state index contributed by atoms with van der Waals surface area (Å²) in [4.78, 5) is 3.44. The van der Waals surface area contributed by atoms with Crippen LogP contribution in [0.3, 0.4) is 0 Å². The van der Waals surface area contributed by atoms with Crippen LogP contribution in [-0.4, -0.2) is 53.0 Å². The smallest absolute Gasteiger partial charge is 0.161 e. The van der Waals surface area contributed by atoms with E-state index in [1.54, 1.807) is 9.80 Å². The van der Waals surface area contributed by atoms with Crippen molar-refractivity contribution < 1.29 is 19.3 Å². The highest BCUT2D eigenvalue weighted by atomic mass is 16.5. The van der Waals surface area contributed by atoms with Crippen molar-refractivity contribution in [3.8, 4) is 11.5 Å². The first kappa shape index (κ1) is 17.1. The lowest BCUT2D eigenvalue weighted by molar-refractivity contribution is -1.00. The third kappa shape index (κ3) is 5.85. The molecule has 124 valence electrons. The van der Waals surface area contributed by atoms with Crippen molar-refractivity contribution in [2.24, 2.45) is 0 Å². The van der Waals surface area contributed by atoms with Crippen LogP contribution in [0.25, 0.3) is 0 Å². The van der Waals surface area contributed by atoms with Crippen LogP contribution in [0.2, 0.25) is 0 Å². The van der Waals surface area contributed by atoms with Crippen LogP contribution >= 0.6 is 0 Å². The number of nitrogens with one attached hydrogen (secondary N) is 2. The van der Waals surface area contributed by atoms with Crippen molar-refractivity contribution in [1.29, 1.82) is 0 Å². The van der Waals surface area contributed by atoms with Gasteiger partial charge in [0, 0.05) is 0 Å². The van der Waals surface area contributed by atoms with E-state index in [2.05, 4.69) is 14.0 Å². The van der Waals surface area contributed by atoms with Gasteiger partial charge in [-0.05, 0) is 31.4 Å². The van der Waals surface area contributed by atoms with E-state index < -0.39 is 0 Å². The van der Waals surface area contributed by atoms with Crippen LogP contribution in [0.1, 0.15) is 26.2 Å². The van der Waals surface area contributed by atoms with E-state index in [4.69, 9.17) is 9.47 Å². The second-order valence-corrected chi connectivity index (χ2v) is 6.31. The van der Waals surface area contributed by atoms with Gasteiger partial charge in [-0.25, -0.2) is 0 Å². The van der Waals surface area contributed by atoms with E-state index >= 15 is 0 Å². The first-order valence-electron chi connectivity index (χ1n) is 8.79. The molecule has 0 spiro atoms. The van der Waals surface area contributed by atoms with Gasteiger partial charge in [0.1, 0.15) is 26.2 Å². The topological polar surface area (TPSA) is 27.3 Å². The van der Waals surface area contributed by atoms with E-state index in [9.17, 15) is 0 Å². The molecule has 1 aliphatic rings. The van der Waals surface area contributed by atoms with Crippen LogP contribution in [0.5, 0.6) is 11.5 Å². The number of ether oxygens (including phenoxy) is 2. The van der Waals surface area contributed by atoms with Crippen LogP contribution in [0.4, 0.5) is 0 Å². The lowest BCUT2D eigenvalue weighted by Crippen LogP contribution is -3.27. The predicted molar refractivity (Wildman–Crippen MR) is 89.1 cm³/mol. The molecule has 1 fully saturated rings. The monoisotopic (exact) mass is 308 g/mol. The molecule has 0 bridgehead atoms. The van der Waals surface area contributed by atoms with Gasteiger partial charge in [-0.2, -0.15) is 0 Å². The minimum Gasteiger partial charge on any atom is -0.490 e. The zero-order valence-electron chi connectivity index (χ0n) is 14.2. The number of benzene rings is 1. The van der Waals surface area contributed by atoms with Crippen molar-refractivity contribution in [2.75, 3.05) is 53.0 Å². The summed E-state index contributed by atoms with van der Waals surface area (Å²) in [6.45, 7) is 10.2. The Morgan fingerprint density at radius 3 is 2.18 bits per heavy atom. The molecule has 2 N–H and O–H groups in total. The maximum absolute atomic E-state index is 5.90. The Morgan fingerprint density at radius 1 is 0.909 bits per heavy atom. The van der Waals surface area contributed by atoms with Crippen molar-refractivity contribution in [2.45, 2.75) is 26.2 Å². The van der Waals surface area contributed by atoms with E-state index in [1.165, 1.54) is 39.1 Å². The maximum Gasteiger partial charge on any atom is 0.161 e. The average Bonchev–Trinajstić information content (AvgIpc) is 2.55. The first-order chi connectivity index (χ1) is 10.8. The summed E-state index contributed by atoms with van der Waals surface area (Å²) in [5, 5.41) is 0. The number of piperazine rings is 1. The van der Waals surface area contributed by atoms with Crippen LogP contribution in [0.15, 0.2) is 24.3 Å². The molecule has 1 saturated heterocycles. The highest BCUT2D eigenvalue weighted by molar-refractivity contribution is 5.39. The Kier molecular flexibility index (Phi) is 7.54. The Bertz CT molecular complexity index is 417. The van der Waals surface area contributed by atoms with E-state index in [0.29, 0.717) is 0 Å². The molecule has 4 nitrogen and oxygen atoms in total. The minimum atomic E-state index is 0.745. The molecule has 22 heavy (non-hydrogen) atoms. The summed E-state index contributed by atoms with van der Waals surface area (Å²) in [5.74, 6) is 1.75. The van der Waals surface area contributed by atoms with E-state index in [-0.39, 0.29) is 0 Å². The van der Waals surface area contributed by atoms with Gasteiger partial charge < -0.3 is 19.3 Å². The van der Waals surface area contributed by atoms with Gasteiger partial charge in [0.2, 0.25) is 0 Å². The highest BCUT2D eigenvalue weighted by Crippen LogP contribution is 2.26. The van der Waals surface area contributed by atoms with Gasteiger partial charge in [-0.1, -0.05) is 19.1 Å². The van der Waals surface area contributed by atoms with Gasteiger partial charge in [0.05, 0.1) is 26.8 Å². The Morgan fingerprint density at radius 2 is 1.55 bits per heavy atom. The van der Waals surface area contributed by atoms with Crippen molar-refractivity contribution in [3.63, 3.8) is 0 Å². The summed E-state index contributed by atoms with van der Waals surface area (Å²) in [6.07, 6.45) is 3.38. The van der Waals surface area contributed by atoms with Crippen molar-refractivity contribution in [3.05, 3.63) is 24.3 Å². The number of unbranched alkanes of at least 4 members (excludes halogenated alkanes) is 1. The Labute approximate surface area is 135 Å². The lowest BCUT2D eigenvalue weighted by atomic mass is 10.2. The van der Waals surface area contributed by atoms with Crippen LogP contribution in [-0.2, 0) is 0 Å². The first-order valence-corrected chi connectivity index (χ1v) is 8.79. The number of hydrogen-bond acceptors (Lipinski definition) is 2. The number of rotatable bonds is 9. The third-order valence-electron chi connectivity index (χ3n) is 4.30. The number of quaternary nitrogens is 2. The lowest BCUT2D eigenvalue weighted by Gasteiger charge is -2.27. The van der Waals surface area contributed by atoms with Gasteiger partial charge >= 0.3 is 0 Å². The summed E-state index contributed by atoms with van der Waals surface area (Å²) >= 11 is 0. The summed E-state index contributed by atoms with van der Waals surface area (Å²) in [6, 6.07) is 7.99. The zero-order valence-corrected chi connectivity index (χ0v) is 14.2. The average molecular weight is 308 g/mol. The second kappa shape index (κ2) is 9.70. The summed E-state index contributed by atoms with van der Waals surface area (Å²) in [5.41, 5.74) is 0. The number of para-hydroxylation sites is 2. The molecule has 1 aromatic carbocycles. The Balaban J connectivity index is 1.62. The molecular formula is C18H32N2O2+2. The molecule has 0 aromatic heterocycles. The standard InChI is InChI=1S/C18H30N2O2/c1-3-15-21-17-8-4-5-9-18(17)22-16-7-6-10-20-13-11-19(2)12-14-20/h4-5,8-9H,3,6-7,10-16H2,1-2H3/p+2. The molecule has 4 heteroatoms. The fourth-order valence-corrected chi connectivity index (χ4v) is 2.84. The molecule has 0 amide bonds. The fraction of sp³-hybridized carbons (Fsp3) is 0.667. The van der Waals surface area contributed by atoms with E-state index in [1.807, 2.05) is 24.3 Å². The van der Waals surface area contributed by atoms with Crippen molar-refractivity contribution in [1.82, 2.24) is 0 Å². The molecule has 0 saturated carbocycles. The quantitative estimate of drug-likeness (QED) is 0.631. The van der Waals surface area contributed by atoms with Crippen LogP contribution < -0.4 is 19.3 Å². The van der Waals surface area contributed by atoms with Gasteiger partial charge in [-0.3, -0.25) is 0 Å². The molecular weight excluding hydrogens is 276 g/mol. The molecule has 2 rings (SSSR count). The third-order valence-corrected chi connectivity index (χ3v) is 4.30. The molecule has 1 heterocycles. The van der Waals surface area contributed by atoms with Gasteiger partial charge in [0.25, 0.3) is 0 Å². The Hall–Kier alpha value is -1.26. The number of hydrogen-bond donors (Lipinski definition) is 2. The summed E-state index contributed by atoms with van der Waals surface area (Å²) < 4.78 is 11.6. The van der Waals surface area contributed by atoms with Crippen LogP contribution in [0, 0.1) is 0 Å². The normalized spacial score (nSPS) is 21.5. The molecule has 1 aliphatic heterocycles. The van der Waals surface area contributed by atoms with Gasteiger partial charge in [-0.15, -0.1) is 0 Å². The number of likely N-dealkylation sites (N-methyl/N-ethyl adjacent to an activating group) is 1. The van der Waals surface area contributed by atoms with Gasteiger partial charge in [0.15, 0.2) is 11.5 Å². The second-order valence-electron chi connectivity index (χ2n) is 6.31. The summed E-state index contributed by atoms with van der Waals surface area (Å²) in [7, 11) is 2.29. The SMILES string of the molecule is CCCOc1ccccc1OCCCC[NH+]1CC[NH+](C)CC1. The largest absolute Gasteiger partial charge is 0.490 e.